The quantitative estimate of drug-likeness (QED) is 0.562. The molecule has 2 aromatic rings. The Kier molecular flexibility index (Phi) is 5.82. The number of nitrogens with one attached hydrogen (secondary N) is 1. The van der Waals surface area contributed by atoms with Gasteiger partial charge in [-0.1, -0.05) is 58.0 Å². The molecule has 1 aliphatic heterocycles. The molecule has 28 heavy (non-hydrogen) atoms. The van der Waals surface area contributed by atoms with Gasteiger partial charge in [0, 0.05) is 12.1 Å². The molecule has 1 saturated heterocycles. The summed E-state index contributed by atoms with van der Waals surface area (Å²) in [5.41, 5.74) is 3.56. The van der Waals surface area contributed by atoms with Crippen molar-refractivity contribution < 1.29 is 18.7 Å². The highest BCUT2D eigenvalue weighted by atomic mass is 19.1. The summed E-state index contributed by atoms with van der Waals surface area (Å²) in [5.74, 6) is -1.67. The van der Waals surface area contributed by atoms with E-state index < -0.39 is 18.0 Å². The summed E-state index contributed by atoms with van der Waals surface area (Å²) in [6.45, 7) is 8.29. The Balaban J connectivity index is 1.82. The van der Waals surface area contributed by atoms with Gasteiger partial charge < -0.3 is 10.1 Å². The molecule has 3 rings (SSSR count). The van der Waals surface area contributed by atoms with E-state index in [-0.39, 0.29) is 30.0 Å². The van der Waals surface area contributed by atoms with Crippen LogP contribution < -0.4 is 5.32 Å². The largest absolute Gasteiger partial charge is 0.457 e. The number of cyclic esters (lactones) is 1. The normalized spacial score (nSPS) is 19.2. The van der Waals surface area contributed by atoms with Crippen LogP contribution in [0.3, 0.4) is 0 Å². The van der Waals surface area contributed by atoms with Gasteiger partial charge >= 0.3 is 5.97 Å². The molecule has 0 saturated carbocycles. The average Bonchev–Trinajstić information content (AvgIpc) is 3.03. The van der Waals surface area contributed by atoms with Crippen molar-refractivity contribution in [2.75, 3.05) is 5.32 Å². The Morgan fingerprint density at radius 1 is 1.04 bits per heavy atom. The number of amides is 1. The van der Waals surface area contributed by atoms with Crippen LogP contribution in [-0.4, -0.2) is 11.9 Å². The van der Waals surface area contributed by atoms with E-state index in [1.165, 1.54) is 12.1 Å². The van der Waals surface area contributed by atoms with E-state index >= 15 is 0 Å². The number of ether oxygens (including phenoxy) is 1. The van der Waals surface area contributed by atoms with Crippen molar-refractivity contribution in [3.8, 4) is 0 Å². The van der Waals surface area contributed by atoms with Crippen molar-refractivity contribution in [2.45, 2.75) is 52.1 Å². The zero-order chi connectivity index (χ0) is 20.4. The molecule has 5 heteroatoms. The van der Waals surface area contributed by atoms with E-state index in [2.05, 4.69) is 33.0 Å². The molecule has 1 heterocycles. The first-order chi connectivity index (χ1) is 13.3. The van der Waals surface area contributed by atoms with Crippen LogP contribution in [0.1, 0.15) is 68.7 Å². The first kappa shape index (κ1) is 20.1. The summed E-state index contributed by atoms with van der Waals surface area (Å²) in [4.78, 5) is 25.3. The molecule has 2 aromatic carbocycles. The third-order valence-corrected chi connectivity index (χ3v) is 5.17. The van der Waals surface area contributed by atoms with Gasteiger partial charge in [-0.15, -0.1) is 0 Å². The van der Waals surface area contributed by atoms with Crippen LogP contribution in [0.15, 0.2) is 42.5 Å². The lowest BCUT2D eigenvalue weighted by atomic mass is 9.92. The monoisotopic (exact) mass is 383 g/mol. The number of hydrogen-bond donors (Lipinski definition) is 1. The minimum absolute atomic E-state index is 0.233. The average molecular weight is 383 g/mol. The first-order valence-corrected chi connectivity index (χ1v) is 9.67. The Hall–Kier alpha value is -2.69. The molecule has 1 aliphatic rings. The third kappa shape index (κ3) is 4.08. The second-order valence-electron chi connectivity index (χ2n) is 7.88. The minimum Gasteiger partial charge on any atom is -0.457 e. The number of anilines is 1. The summed E-state index contributed by atoms with van der Waals surface area (Å²) in [6.07, 6.45) is -0.286. The van der Waals surface area contributed by atoms with E-state index in [0.717, 1.165) is 16.8 Å². The molecule has 2 unspecified atom stereocenters. The predicted molar refractivity (Wildman–Crippen MR) is 107 cm³/mol. The van der Waals surface area contributed by atoms with Crippen LogP contribution in [0.4, 0.5) is 10.1 Å². The highest BCUT2D eigenvalue weighted by Gasteiger charge is 2.40. The summed E-state index contributed by atoms with van der Waals surface area (Å²) in [5, 5.41) is 3.00. The zero-order valence-electron chi connectivity index (χ0n) is 16.7. The van der Waals surface area contributed by atoms with Gasteiger partial charge in [-0.05, 0) is 40.7 Å². The van der Waals surface area contributed by atoms with E-state index in [9.17, 15) is 14.0 Å². The van der Waals surface area contributed by atoms with Crippen molar-refractivity contribution in [1.29, 1.82) is 0 Å². The van der Waals surface area contributed by atoms with Crippen molar-refractivity contribution in [3.05, 3.63) is 65.0 Å². The third-order valence-electron chi connectivity index (χ3n) is 5.17. The molecular weight excluding hydrogens is 357 g/mol. The Labute approximate surface area is 165 Å². The number of esters is 1. The summed E-state index contributed by atoms with van der Waals surface area (Å²) < 4.78 is 18.5. The maximum absolute atomic E-state index is 13.1. The molecule has 1 amide bonds. The number of rotatable bonds is 5. The van der Waals surface area contributed by atoms with Crippen molar-refractivity contribution >= 4 is 17.6 Å². The standard InChI is InChI=1S/C23H26FNO3/c1-13(2)17-6-5-7-18(14(3)4)21(17)25-22(26)19-12-20(28-23(19)27)15-8-10-16(24)11-9-15/h5-11,13-14,19-20H,12H2,1-4H3,(H,25,26). The smallest absolute Gasteiger partial charge is 0.319 e. The molecule has 0 aliphatic carbocycles. The lowest BCUT2D eigenvalue weighted by molar-refractivity contribution is -0.146. The number of benzene rings is 2. The molecule has 148 valence electrons. The van der Waals surface area contributed by atoms with Crippen LogP contribution in [0.25, 0.3) is 0 Å². The van der Waals surface area contributed by atoms with Gasteiger partial charge in [0.15, 0.2) is 0 Å². The number of carbonyl (C=O) groups excluding carboxylic acids is 2. The molecule has 2 atom stereocenters. The van der Waals surface area contributed by atoms with Gasteiger partial charge in [-0.25, -0.2) is 4.39 Å². The maximum atomic E-state index is 13.1. The maximum Gasteiger partial charge on any atom is 0.319 e. The Morgan fingerprint density at radius 3 is 2.14 bits per heavy atom. The highest BCUT2D eigenvalue weighted by molar-refractivity contribution is 6.06. The second-order valence-corrected chi connectivity index (χ2v) is 7.88. The molecule has 0 aromatic heterocycles. The molecule has 1 fully saturated rings. The van der Waals surface area contributed by atoms with Crippen LogP contribution >= 0.6 is 0 Å². The molecule has 0 bridgehead atoms. The fourth-order valence-corrected chi connectivity index (χ4v) is 3.58. The van der Waals surface area contributed by atoms with Crippen LogP contribution in [0.2, 0.25) is 0 Å². The Bertz CT molecular complexity index is 848. The fraction of sp³-hybridized carbons (Fsp3) is 0.391. The van der Waals surface area contributed by atoms with Crippen molar-refractivity contribution in [2.24, 2.45) is 5.92 Å². The van der Waals surface area contributed by atoms with Crippen molar-refractivity contribution in [3.63, 3.8) is 0 Å². The number of halogens is 1. The molecule has 1 N–H and O–H groups in total. The van der Waals surface area contributed by atoms with Crippen molar-refractivity contribution in [1.82, 2.24) is 0 Å². The summed E-state index contributed by atoms with van der Waals surface area (Å²) >= 11 is 0. The first-order valence-electron chi connectivity index (χ1n) is 9.67. The fourth-order valence-electron chi connectivity index (χ4n) is 3.58. The molecule has 4 nitrogen and oxygen atoms in total. The van der Waals surface area contributed by atoms with Gasteiger partial charge in [0.25, 0.3) is 0 Å². The van der Waals surface area contributed by atoms with Gasteiger partial charge in [-0.3, -0.25) is 9.59 Å². The highest BCUT2D eigenvalue weighted by Crippen LogP contribution is 2.36. The molecule has 0 radical (unpaired) electrons. The molecular formula is C23H26FNO3. The summed E-state index contributed by atoms with van der Waals surface area (Å²) in [6, 6.07) is 11.8. The van der Waals surface area contributed by atoms with Gasteiger partial charge in [-0.2, -0.15) is 0 Å². The zero-order valence-corrected chi connectivity index (χ0v) is 16.7. The molecule has 0 spiro atoms. The number of para-hydroxylation sites is 1. The van der Waals surface area contributed by atoms with Crippen LogP contribution in [0.5, 0.6) is 0 Å². The van der Waals surface area contributed by atoms with Gasteiger partial charge in [0.1, 0.15) is 17.8 Å². The summed E-state index contributed by atoms with van der Waals surface area (Å²) in [7, 11) is 0. The minimum atomic E-state index is -0.879. The van der Waals surface area contributed by atoms with E-state index in [1.807, 2.05) is 18.2 Å². The van der Waals surface area contributed by atoms with Gasteiger partial charge in [0.05, 0.1) is 0 Å². The van der Waals surface area contributed by atoms with Crippen LogP contribution in [0, 0.1) is 11.7 Å². The number of hydrogen-bond acceptors (Lipinski definition) is 3. The lowest BCUT2D eigenvalue weighted by Gasteiger charge is -2.21. The SMILES string of the molecule is CC(C)c1cccc(C(C)C)c1NC(=O)C1CC(c2ccc(F)cc2)OC1=O. The number of carbonyl (C=O) groups is 2. The van der Waals surface area contributed by atoms with E-state index in [4.69, 9.17) is 4.74 Å². The van der Waals surface area contributed by atoms with E-state index in [0.29, 0.717) is 5.56 Å². The lowest BCUT2D eigenvalue weighted by Crippen LogP contribution is -2.27. The van der Waals surface area contributed by atoms with E-state index in [1.54, 1.807) is 12.1 Å². The topological polar surface area (TPSA) is 55.4 Å². The van der Waals surface area contributed by atoms with Gasteiger partial charge in [0.2, 0.25) is 5.91 Å². The van der Waals surface area contributed by atoms with Crippen LogP contribution in [-0.2, 0) is 14.3 Å². The Morgan fingerprint density at radius 2 is 1.61 bits per heavy atom. The predicted octanol–water partition coefficient (Wildman–Crippen LogP) is 5.32. The second kappa shape index (κ2) is 8.13.